The van der Waals surface area contributed by atoms with E-state index in [0.29, 0.717) is 6.54 Å². The smallest absolute Gasteiger partial charge is 0.313 e. The van der Waals surface area contributed by atoms with Gasteiger partial charge < -0.3 is 16.0 Å². The van der Waals surface area contributed by atoms with Crippen LogP contribution >= 0.6 is 0 Å². The number of hydrogen-bond donors (Lipinski definition) is 2. The van der Waals surface area contributed by atoms with E-state index in [2.05, 4.69) is 22.0 Å². The van der Waals surface area contributed by atoms with E-state index >= 15 is 0 Å². The van der Waals surface area contributed by atoms with Gasteiger partial charge in [-0.05, 0) is 63.8 Å². The van der Waals surface area contributed by atoms with E-state index in [4.69, 9.17) is 5.73 Å². The number of nitrogens with one attached hydrogen (secondary N) is 1. The number of rotatable bonds is 6. The number of piperidine rings is 1. The number of aryl methyl sites for hydroxylation is 2. The number of pyridine rings is 1. The van der Waals surface area contributed by atoms with E-state index in [1.807, 2.05) is 49.7 Å². The molecule has 178 valence electrons. The molecule has 1 aliphatic heterocycles. The maximum absolute atomic E-state index is 13.0. The molecule has 9 heteroatoms. The number of amides is 3. The summed E-state index contributed by atoms with van der Waals surface area (Å²) in [6, 6.07) is 3.12. The summed E-state index contributed by atoms with van der Waals surface area (Å²) in [5, 5.41) is 6.98. The number of allylic oxidation sites excluding steroid dienone is 3. The Labute approximate surface area is 199 Å². The minimum Gasteiger partial charge on any atom is -0.366 e. The van der Waals surface area contributed by atoms with E-state index in [9.17, 15) is 14.4 Å². The van der Waals surface area contributed by atoms with Crippen LogP contribution in [0.1, 0.15) is 47.9 Å². The van der Waals surface area contributed by atoms with Crippen molar-refractivity contribution in [3.05, 3.63) is 71.9 Å². The third-order valence-electron chi connectivity index (χ3n) is 5.66. The Balaban J connectivity index is 1.69. The first kappa shape index (κ1) is 24.6. The van der Waals surface area contributed by atoms with Crippen LogP contribution in [-0.4, -0.2) is 50.0 Å². The van der Waals surface area contributed by atoms with Crippen LogP contribution in [0.2, 0.25) is 0 Å². The highest BCUT2D eigenvalue weighted by molar-refractivity contribution is 6.39. The predicted molar refractivity (Wildman–Crippen MR) is 131 cm³/mol. The van der Waals surface area contributed by atoms with E-state index in [1.54, 1.807) is 4.90 Å². The van der Waals surface area contributed by atoms with Gasteiger partial charge >= 0.3 is 11.8 Å². The molecule has 0 unspecified atom stereocenters. The van der Waals surface area contributed by atoms with Crippen molar-refractivity contribution in [3.8, 4) is 0 Å². The zero-order valence-electron chi connectivity index (χ0n) is 19.7. The highest BCUT2D eigenvalue weighted by Crippen LogP contribution is 2.24. The second-order valence-electron chi connectivity index (χ2n) is 8.37. The Kier molecular flexibility index (Phi) is 7.78. The summed E-state index contributed by atoms with van der Waals surface area (Å²) in [5.74, 6) is -2.12. The molecule has 1 aliphatic rings. The topological polar surface area (TPSA) is 123 Å². The number of nitrogens with two attached hydrogens (primary N) is 1. The summed E-state index contributed by atoms with van der Waals surface area (Å²) in [7, 11) is 0. The highest BCUT2D eigenvalue weighted by atomic mass is 16.2. The molecule has 34 heavy (non-hydrogen) atoms. The summed E-state index contributed by atoms with van der Waals surface area (Å²) in [6.45, 7) is 10.5. The molecule has 0 radical (unpaired) electrons. The molecular formula is C25H30N6O3. The van der Waals surface area contributed by atoms with E-state index in [-0.39, 0.29) is 17.3 Å². The number of primary amides is 1. The lowest BCUT2D eigenvalue weighted by Gasteiger charge is -2.35. The summed E-state index contributed by atoms with van der Waals surface area (Å²) < 4.78 is 1.87. The minimum atomic E-state index is -0.799. The second kappa shape index (κ2) is 10.7. The van der Waals surface area contributed by atoms with Gasteiger partial charge in [0.25, 0.3) is 0 Å². The zero-order chi connectivity index (χ0) is 24.8. The standard InChI is InChI=1S/C25H30N6O3/c1-16(8-7-9-18(3)31-19(4)12-17(2)29-31)22-10-5-6-11-30(22)25(34)24(33)28-21-13-20(23(26)32)14-27-15-21/h7-9,12-15,22H,1,5-6,10-11H2,2-4H3,(H2,26,32)(H,28,33)/b8-7-,18-9+/t22-/m0/s1. The minimum absolute atomic E-state index is 0.142. The molecule has 3 amide bonds. The maximum Gasteiger partial charge on any atom is 0.313 e. The fourth-order valence-corrected chi connectivity index (χ4v) is 4.00. The Hall–Kier alpha value is -4.01. The van der Waals surface area contributed by atoms with Crippen LogP contribution in [0.15, 0.2) is 54.9 Å². The van der Waals surface area contributed by atoms with Gasteiger partial charge in [0.1, 0.15) is 0 Å². The summed E-state index contributed by atoms with van der Waals surface area (Å²) in [5.41, 5.74) is 9.32. The number of nitrogens with zero attached hydrogens (tertiary/aromatic N) is 4. The third-order valence-corrected chi connectivity index (χ3v) is 5.66. The van der Waals surface area contributed by atoms with Crippen molar-refractivity contribution >= 4 is 29.1 Å². The molecule has 1 saturated heterocycles. The molecule has 1 fully saturated rings. The Morgan fingerprint density at radius 2 is 1.97 bits per heavy atom. The first-order chi connectivity index (χ1) is 16.2. The van der Waals surface area contributed by atoms with Crippen molar-refractivity contribution in [3.63, 3.8) is 0 Å². The van der Waals surface area contributed by atoms with Gasteiger partial charge in [0, 0.05) is 24.1 Å². The number of anilines is 1. The fourth-order valence-electron chi connectivity index (χ4n) is 4.00. The quantitative estimate of drug-likeness (QED) is 0.505. The second-order valence-corrected chi connectivity index (χ2v) is 8.37. The molecule has 3 rings (SSSR count). The van der Waals surface area contributed by atoms with Gasteiger partial charge in [0.2, 0.25) is 5.91 Å². The number of carbonyl (C=O) groups is 3. The van der Waals surface area contributed by atoms with Crippen LogP contribution in [0.5, 0.6) is 0 Å². The summed E-state index contributed by atoms with van der Waals surface area (Å²) in [4.78, 5) is 42.4. The first-order valence-electron chi connectivity index (χ1n) is 11.1. The van der Waals surface area contributed by atoms with Gasteiger partial charge in [-0.1, -0.05) is 18.7 Å². The molecule has 0 aromatic carbocycles. The van der Waals surface area contributed by atoms with Gasteiger partial charge in [-0.3, -0.25) is 19.4 Å². The molecule has 3 heterocycles. The molecule has 0 spiro atoms. The van der Waals surface area contributed by atoms with Gasteiger partial charge in [-0.25, -0.2) is 4.68 Å². The zero-order valence-corrected chi connectivity index (χ0v) is 19.7. The van der Waals surface area contributed by atoms with Crippen LogP contribution in [0, 0.1) is 13.8 Å². The normalized spacial score (nSPS) is 16.5. The number of aromatic nitrogens is 3. The van der Waals surface area contributed by atoms with E-state index in [0.717, 1.165) is 41.9 Å². The predicted octanol–water partition coefficient (Wildman–Crippen LogP) is 2.99. The molecule has 0 saturated carbocycles. The van der Waals surface area contributed by atoms with Crippen molar-refractivity contribution < 1.29 is 14.4 Å². The lowest BCUT2D eigenvalue weighted by Crippen LogP contribution is -2.48. The van der Waals surface area contributed by atoms with Crippen LogP contribution in [-0.2, 0) is 9.59 Å². The monoisotopic (exact) mass is 462 g/mol. The average Bonchev–Trinajstić information content (AvgIpc) is 3.16. The summed E-state index contributed by atoms with van der Waals surface area (Å²) >= 11 is 0. The Bertz CT molecular complexity index is 1180. The molecule has 2 aromatic heterocycles. The molecule has 2 aromatic rings. The van der Waals surface area contributed by atoms with Crippen LogP contribution in [0.3, 0.4) is 0 Å². The van der Waals surface area contributed by atoms with Crippen molar-refractivity contribution in [1.82, 2.24) is 19.7 Å². The Morgan fingerprint density at radius 1 is 1.21 bits per heavy atom. The van der Waals surface area contributed by atoms with Gasteiger partial charge in [0.05, 0.1) is 29.2 Å². The van der Waals surface area contributed by atoms with E-state index in [1.165, 1.54) is 18.5 Å². The lowest BCUT2D eigenvalue weighted by molar-refractivity contribution is -0.145. The van der Waals surface area contributed by atoms with Crippen LogP contribution < -0.4 is 11.1 Å². The number of hydrogen-bond acceptors (Lipinski definition) is 5. The number of carbonyl (C=O) groups excluding carboxylic acids is 3. The fraction of sp³-hybridized carbons (Fsp3) is 0.320. The SMILES string of the molecule is C=C(/C=C\C=C(/C)n1nc(C)cc1C)[C@@H]1CCCCN1C(=O)C(=O)Nc1cncc(C(N)=O)c1. The van der Waals surface area contributed by atoms with Crippen molar-refractivity contribution in [2.24, 2.45) is 5.73 Å². The largest absolute Gasteiger partial charge is 0.366 e. The van der Waals surface area contributed by atoms with Crippen LogP contribution in [0.25, 0.3) is 5.70 Å². The van der Waals surface area contributed by atoms with Crippen molar-refractivity contribution in [2.75, 3.05) is 11.9 Å². The van der Waals surface area contributed by atoms with Crippen molar-refractivity contribution in [2.45, 2.75) is 46.1 Å². The van der Waals surface area contributed by atoms with E-state index < -0.39 is 17.7 Å². The summed E-state index contributed by atoms with van der Waals surface area (Å²) in [6.07, 6.45) is 10.8. The Morgan fingerprint density at radius 3 is 2.65 bits per heavy atom. The molecule has 3 N–H and O–H groups in total. The van der Waals surface area contributed by atoms with Crippen molar-refractivity contribution in [1.29, 1.82) is 0 Å². The number of likely N-dealkylation sites (tertiary alicyclic amines) is 1. The third kappa shape index (κ3) is 5.86. The highest BCUT2D eigenvalue weighted by Gasteiger charge is 2.31. The molecule has 0 bridgehead atoms. The lowest BCUT2D eigenvalue weighted by atomic mass is 9.95. The molecule has 0 aliphatic carbocycles. The molecule has 9 nitrogen and oxygen atoms in total. The van der Waals surface area contributed by atoms with Gasteiger partial charge in [-0.15, -0.1) is 0 Å². The molecule has 1 atom stereocenters. The van der Waals surface area contributed by atoms with Gasteiger partial charge in [-0.2, -0.15) is 5.10 Å². The van der Waals surface area contributed by atoms with Gasteiger partial charge in [0.15, 0.2) is 0 Å². The van der Waals surface area contributed by atoms with Crippen LogP contribution in [0.4, 0.5) is 5.69 Å². The molecular weight excluding hydrogens is 432 g/mol. The maximum atomic E-state index is 13.0. The first-order valence-corrected chi connectivity index (χ1v) is 11.1. The average molecular weight is 463 g/mol.